The maximum Gasteiger partial charge on any atom is 0.243 e. The number of nitrogens with zero attached hydrogens (tertiary/aromatic N) is 1. The molecule has 0 saturated carbocycles. The molecule has 1 heterocycles. The molecule has 0 aliphatic carbocycles. The number of ether oxygens (including phenoxy) is 2. The lowest BCUT2D eigenvalue weighted by Crippen LogP contribution is -2.56. The molecule has 1 aliphatic heterocycles. The van der Waals surface area contributed by atoms with Crippen LogP contribution in [0, 0.1) is 11.8 Å². The molecular formula is C25H42N4O7S. The second-order valence-corrected chi connectivity index (χ2v) is 11.8. The highest BCUT2D eigenvalue weighted by atomic mass is 32.2. The standard InChI is InChI=1S/C25H42N4O7S/c1-7-17(4)24(28-23(31)13-26-6)25(32)27-18(5)20(30)15-29(14-16(2)3)37(33,34)19-8-9-21-22(12-19)36-11-10-35-21/h8-9,12,16-18,20,24,26,30H,7,10-11,13-15H2,1-6H3,(H,27,32)(H,28,31)/t17?,18-,20+,24-/m0/s1. The summed E-state index contributed by atoms with van der Waals surface area (Å²) < 4.78 is 39.3. The van der Waals surface area contributed by atoms with Crippen molar-refractivity contribution in [3.63, 3.8) is 0 Å². The van der Waals surface area contributed by atoms with Crippen LogP contribution < -0.4 is 25.4 Å². The Morgan fingerprint density at radius 1 is 1.05 bits per heavy atom. The first-order valence-electron chi connectivity index (χ1n) is 12.7. The summed E-state index contributed by atoms with van der Waals surface area (Å²) >= 11 is 0. The molecule has 11 nitrogen and oxygen atoms in total. The lowest BCUT2D eigenvalue weighted by molar-refractivity contribution is -0.130. The highest BCUT2D eigenvalue weighted by molar-refractivity contribution is 7.89. The molecule has 0 bridgehead atoms. The fourth-order valence-electron chi connectivity index (χ4n) is 3.88. The molecule has 0 spiro atoms. The molecule has 2 amide bonds. The number of nitrogens with one attached hydrogen (secondary N) is 3. The van der Waals surface area contributed by atoms with Gasteiger partial charge in [-0.25, -0.2) is 8.42 Å². The minimum Gasteiger partial charge on any atom is -0.486 e. The van der Waals surface area contributed by atoms with Gasteiger partial charge in [-0.1, -0.05) is 34.1 Å². The molecule has 1 aromatic rings. The van der Waals surface area contributed by atoms with Crippen molar-refractivity contribution < 1.29 is 32.6 Å². The Hall–Kier alpha value is -2.41. The number of benzene rings is 1. The van der Waals surface area contributed by atoms with Crippen LogP contribution in [0.15, 0.2) is 23.1 Å². The van der Waals surface area contributed by atoms with Gasteiger partial charge in [0.25, 0.3) is 0 Å². The summed E-state index contributed by atoms with van der Waals surface area (Å²) in [5.74, 6) is -0.0660. The van der Waals surface area contributed by atoms with Gasteiger partial charge in [0.15, 0.2) is 11.5 Å². The molecule has 0 radical (unpaired) electrons. The van der Waals surface area contributed by atoms with Gasteiger partial charge in [0, 0.05) is 19.2 Å². The van der Waals surface area contributed by atoms with Crippen molar-refractivity contribution in [1.29, 1.82) is 0 Å². The number of carbonyl (C=O) groups excluding carboxylic acids is 2. The zero-order valence-electron chi connectivity index (χ0n) is 22.6. The number of fused-ring (bicyclic) bond motifs is 1. The number of sulfonamides is 1. The molecule has 1 unspecified atom stereocenters. The third-order valence-electron chi connectivity index (χ3n) is 6.21. The van der Waals surface area contributed by atoms with Crippen molar-refractivity contribution in [3.05, 3.63) is 18.2 Å². The predicted molar refractivity (Wildman–Crippen MR) is 140 cm³/mol. The third-order valence-corrected chi connectivity index (χ3v) is 8.03. The van der Waals surface area contributed by atoms with Crippen molar-refractivity contribution in [2.75, 3.05) is 39.9 Å². The molecule has 0 fully saturated rings. The fraction of sp³-hybridized carbons (Fsp3) is 0.680. The van der Waals surface area contributed by atoms with Crippen LogP contribution in [0.3, 0.4) is 0 Å². The van der Waals surface area contributed by atoms with Crippen LogP contribution in [0.2, 0.25) is 0 Å². The second-order valence-electron chi connectivity index (χ2n) is 9.85. The van der Waals surface area contributed by atoms with Gasteiger partial charge in [0.1, 0.15) is 19.3 Å². The van der Waals surface area contributed by atoms with Crippen molar-refractivity contribution in [2.24, 2.45) is 11.8 Å². The van der Waals surface area contributed by atoms with Gasteiger partial charge in [-0.15, -0.1) is 0 Å². The van der Waals surface area contributed by atoms with E-state index >= 15 is 0 Å². The van der Waals surface area contributed by atoms with Gasteiger partial charge in [-0.2, -0.15) is 4.31 Å². The van der Waals surface area contributed by atoms with E-state index in [0.717, 1.165) is 0 Å². The molecule has 1 aromatic carbocycles. The van der Waals surface area contributed by atoms with Gasteiger partial charge in [-0.3, -0.25) is 9.59 Å². The first kappa shape index (κ1) is 30.8. The third kappa shape index (κ3) is 8.56. The second kappa shape index (κ2) is 13.9. The van der Waals surface area contributed by atoms with Gasteiger partial charge in [0.2, 0.25) is 21.8 Å². The summed E-state index contributed by atoms with van der Waals surface area (Å²) in [6.07, 6.45) is -0.537. The topological polar surface area (TPSA) is 146 Å². The van der Waals surface area contributed by atoms with Crippen LogP contribution >= 0.6 is 0 Å². The number of hydrogen-bond donors (Lipinski definition) is 4. The lowest BCUT2D eigenvalue weighted by atomic mass is 9.97. The lowest BCUT2D eigenvalue weighted by Gasteiger charge is -2.31. The highest BCUT2D eigenvalue weighted by Crippen LogP contribution is 2.33. The molecule has 2 rings (SSSR count). The number of aliphatic hydroxyl groups is 1. The molecule has 4 N–H and O–H groups in total. The molecule has 12 heteroatoms. The average Bonchev–Trinajstić information content (AvgIpc) is 2.85. The number of carbonyl (C=O) groups is 2. The molecule has 37 heavy (non-hydrogen) atoms. The maximum atomic E-state index is 13.5. The molecule has 0 saturated heterocycles. The van der Waals surface area contributed by atoms with E-state index in [-0.39, 0.29) is 42.3 Å². The monoisotopic (exact) mass is 542 g/mol. The fourth-order valence-corrected chi connectivity index (χ4v) is 5.51. The zero-order chi connectivity index (χ0) is 27.8. The van der Waals surface area contributed by atoms with Crippen LogP contribution in [-0.4, -0.2) is 87.7 Å². The summed E-state index contributed by atoms with van der Waals surface area (Å²) in [4.78, 5) is 25.1. The van der Waals surface area contributed by atoms with Crippen LogP contribution in [0.1, 0.15) is 41.0 Å². The highest BCUT2D eigenvalue weighted by Gasteiger charge is 2.32. The summed E-state index contributed by atoms with van der Waals surface area (Å²) in [5, 5.41) is 19.2. The zero-order valence-corrected chi connectivity index (χ0v) is 23.4. The summed E-state index contributed by atoms with van der Waals surface area (Å²) in [5.41, 5.74) is 0. The van der Waals surface area contributed by atoms with Gasteiger partial charge >= 0.3 is 0 Å². The van der Waals surface area contributed by atoms with Crippen LogP contribution in [0.5, 0.6) is 11.5 Å². The minimum absolute atomic E-state index is 0.0127. The summed E-state index contributed by atoms with van der Waals surface area (Å²) in [6, 6.07) is 2.89. The van der Waals surface area contributed by atoms with E-state index in [0.29, 0.717) is 31.1 Å². The Balaban J connectivity index is 2.17. The molecule has 1 aliphatic rings. The molecule has 210 valence electrons. The SMILES string of the molecule is CCC(C)[C@H](NC(=O)CNC)C(=O)N[C@@H](C)[C@H](O)CN(CC(C)C)S(=O)(=O)c1ccc2c(c1)OCCO2. The average molecular weight is 543 g/mol. The van der Waals surface area contributed by atoms with E-state index in [9.17, 15) is 23.1 Å². The summed E-state index contributed by atoms with van der Waals surface area (Å²) in [7, 11) is -2.34. The Morgan fingerprint density at radius 3 is 2.30 bits per heavy atom. The van der Waals surface area contributed by atoms with Crippen molar-refractivity contribution in [3.8, 4) is 11.5 Å². The molecular weight excluding hydrogens is 500 g/mol. The number of rotatable bonds is 14. The van der Waals surface area contributed by atoms with E-state index in [4.69, 9.17) is 9.47 Å². The molecule has 4 atom stereocenters. The van der Waals surface area contributed by atoms with Crippen molar-refractivity contribution >= 4 is 21.8 Å². The number of likely N-dealkylation sites (N-methyl/N-ethyl adjacent to an activating group) is 1. The van der Waals surface area contributed by atoms with Crippen LogP contribution in [0.25, 0.3) is 0 Å². The first-order valence-corrected chi connectivity index (χ1v) is 14.2. The van der Waals surface area contributed by atoms with Gasteiger partial charge < -0.3 is 30.5 Å². The van der Waals surface area contributed by atoms with Gasteiger partial charge in [-0.05, 0) is 37.9 Å². The van der Waals surface area contributed by atoms with Crippen LogP contribution in [0.4, 0.5) is 0 Å². The maximum absolute atomic E-state index is 13.5. The normalized spacial score (nSPS) is 16.7. The van der Waals surface area contributed by atoms with E-state index in [2.05, 4.69) is 16.0 Å². The number of aliphatic hydroxyl groups excluding tert-OH is 1. The Kier molecular flexibility index (Phi) is 11.6. The van der Waals surface area contributed by atoms with E-state index in [1.165, 1.54) is 16.4 Å². The van der Waals surface area contributed by atoms with Gasteiger partial charge in [0.05, 0.1) is 23.6 Å². The van der Waals surface area contributed by atoms with E-state index in [1.807, 2.05) is 27.7 Å². The van der Waals surface area contributed by atoms with E-state index < -0.39 is 34.1 Å². The number of amides is 2. The first-order chi connectivity index (χ1) is 17.4. The Morgan fingerprint density at radius 2 is 1.70 bits per heavy atom. The molecule has 0 aromatic heterocycles. The number of hydrogen-bond acceptors (Lipinski definition) is 8. The van der Waals surface area contributed by atoms with Crippen LogP contribution in [-0.2, 0) is 19.6 Å². The minimum atomic E-state index is -3.98. The van der Waals surface area contributed by atoms with Crippen molar-refractivity contribution in [2.45, 2.75) is 64.1 Å². The quantitative estimate of drug-likeness (QED) is 0.269. The Labute approximate surface area is 220 Å². The predicted octanol–water partition coefficient (Wildman–Crippen LogP) is 0.720. The van der Waals surface area contributed by atoms with E-state index in [1.54, 1.807) is 20.0 Å². The largest absolute Gasteiger partial charge is 0.486 e. The smallest absolute Gasteiger partial charge is 0.243 e. The van der Waals surface area contributed by atoms with Crippen molar-refractivity contribution in [1.82, 2.24) is 20.3 Å². The summed E-state index contributed by atoms with van der Waals surface area (Å²) in [6.45, 7) is 9.88. The Bertz CT molecular complexity index is 1020.